The van der Waals surface area contributed by atoms with E-state index >= 15 is 0 Å². The van der Waals surface area contributed by atoms with Crippen molar-refractivity contribution in [2.24, 2.45) is 5.41 Å². The van der Waals surface area contributed by atoms with Gasteiger partial charge in [-0.05, 0) is 23.9 Å². The van der Waals surface area contributed by atoms with Crippen molar-refractivity contribution in [3.63, 3.8) is 0 Å². The smallest absolute Gasteiger partial charge is 0.0234 e. The first-order valence-corrected chi connectivity index (χ1v) is 7.46. The summed E-state index contributed by atoms with van der Waals surface area (Å²) in [5, 5.41) is 1.05. The molecule has 0 radical (unpaired) electrons. The standard InChI is InChI=1S/C15H24BrN/c1-15(2,3)9-11-17(12-10-16)13-14-7-5-4-6-8-14/h4-8H,9-13H2,1-3H3. The van der Waals surface area contributed by atoms with Gasteiger partial charge in [-0.1, -0.05) is 67.0 Å². The first-order chi connectivity index (χ1) is 8.01. The van der Waals surface area contributed by atoms with E-state index in [9.17, 15) is 0 Å². The first kappa shape index (κ1) is 14.7. The van der Waals surface area contributed by atoms with E-state index in [2.05, 4.69) is 71.9 Å². The molecule has 0 heterocycles. The zero-order chi connectivity index (χ0) is 12.7. The lowest BCUT2D eigenvalue weighted by Crippen LogP contribution is -2.29. The lowest BCUT2D eigenvalue weighted by Gasteiger charge is -2.26. The predicted octanol–water partition coefficient (Wildman–Crippen LogP) is 4.32. The highest BCUT2D eigenvalue weighted by molar-refractivity contribution is 9.09. The van der Waals surface area contributed by atoms with Gasteiger partial charge in [0, 0.05) is 18.4 Å². The summed E-state index contributed by atoms with van der Waals surface area (Å²) in [6, 6.07) is 10.7. The molecule has 0 bridgehead atoms. The van der Waals surface area contributed by atoms with Gasteiger partial charge in [-0.2, -0.15) is 0 Å². The Labute approximate surface area is 114 Å². The minimum Gasteiger partial charge on any atom is -0.298 e. The highest BCUT2D eigenvalue weighted by Crippen LogP contribution is 2.19. The van der Waals surface area contributed by atoms with Crippen LogP contribution >= 0.6 is 15.9 Å². The summed E-state index contributed by atoms with van der Waals surface area (Å²) >= 11 is 3.54. The quantitative estimate of drug-likeness (QED) is 0.707. The minimum absolute atomic E-state index is 0.418. The van der Waals surface area contributed by atoms with Gasteiger partial charge in [-0.25, -0.2) is 0 Å². The van der Waals surface area contributed by atoms with E-state index in [-0.39, 0.29) is 0 Å². The normalized spacial score (nSPS) is 12.1. The molecule has 1 aromatic carbocycles. The molecule has 0 aliphatic rings. The number of rotatable bonds is 6. The molecule has 96 valence electrons. The third-order valence-corrected chi connectivity index (χ3v) is 3.18. The molecule has 0 spiro atoms. The van der Waals surface area contributed by atoms with Crippen LogP contribution < -0.4 is 0 Å². The fourth-order valence-electron chi connectivity index (χ4n) is 1.72. The Bertz CT molecular complexity index is 302. The van der Waals surface area contributed by atoms with Crippen LogP contribution in [-0.2, 0) is 6.54 Å². The van der Waals surface area contributed by atoms with E-state index in [0.717, 1.165) is 18.4 Å². The summed E-state index contributed by atoms with van der Waals surface area (Å²) in [6.45, 7) is 10.3. The summed E-state index contributed by atoms with van der Waals surface area (Å²) in [5.74, 6) is 0. The van der Waals surface area contributed by atoms with Crippen LogP contribution in [0.2, 0.25) is 0 Å². The Kier molecular flexibility index (Phi) is 6.21. The highest BCUT2D eigenvalue weighted by Gasteiger charge is 2.13. The van der Waals surface area contributed by atoms with Gasteiger partial charge >= 0.3 is 0 Å². The van der Waals surface area contributed by atoms with Crippen LogP contribution in [0.4, 0.5) is 0 Å². The third-order valence-electron chi connectivity index (χ3n) is 2.83. The number of nitrogens with zero attached hydrogens (tertiary/aromatic N) is 1. The van der Waals surface area contributed by atoms with E-state index in [4.69, 9.17) is 0 Å². The van der Waals surface area contributed by atoms with E-state index in [1.54, 1.807) is 0 Å². The largest absolute Gasteiger partial charge is 0.298 e. The maximum absolute atomic E-state index is 3.54. The van der Waals surface area contributed by atoms with Crippen molar-refractivity contribution in [3.05, 3.63) is 35.9 Å². The number of alkyl halides is 1. The number of halogens is 1. The van der Waals surface area contributed by atoms with Crippen LogP contribution in [-0.4, -0.2) is 23.3 Å². The molecule has 1 rings (SSSR count). The summed E-state index contributed by atoms with van der Waals surface area (Å²) in [4.78, 5) is 2.52. The molecule has 0 saturated heterocycles. The molecule has 0 fully saturated rings. The van der Waals surface area contributed by atoms with Crippen molar-refractivity contribution < 1.29 is 0 Å². The van der Waals surface area contributed by atoms with Gasteiger partial charge in [0.05, 0.1) is 0 Å². The molecule has 1 nitrogen and oxygen atoms in total. The molecule has 0 aliphatic carbocycles. The molecular weight excluding hydrogens is 274 g/mol. The van der Waals surface area contributed by atoms with Gasteiger partial charge in [0.15, 0.2) is 0 Å². The van der Waals surface area contributed by atoms with Crippen molar-refractivity contribution in [2.75, 3.05) is 18.4 Å². The molecule has 17 heavy (non-hydrogen) atoms. The van der Waals surface area contributed by atoms with Crippen LogP contribution in [0.15, 0.2) is 30.3 Å². The zero-order valence-corrected chi connectivity index (χ0v) is 12.8. The van der Waals surface area contributed by atoms with Crippen LogP contribution in [0.3, 0.4) is 0 Å². The number of hydrogen-bond donors (Lipinski definition) is 0. The average molecular weight is 298 g/mol. The fraction of sp³-hybridized carbons (Fsp3) is 0.600. The average Bonchev–Trinajstić information content (AvgIpc) is 2.27. The van der Waals surface area contributed by atoms with Crippen molar-refractivity contribution in [1.82, 2.24) is 4.90 Å². The molecule has 2 heteroatoms. The van der Waals surface area contributed by atoms with E-state index < -0.39 is 0 Å². The van der Waals surface area contributed by atoms with E-state index in [1.165, 1.54) is 18.5 Å². The minimum atomic E-state index is 0.418. The lowest BCUT2D eigenvalue weighted by atomic mass is 9.92. The summed E-state index contributed by atoms with van der Waals surface area (Å²) in [6.07, 6.45) is 1.24. The zero-order valence-electron chi connectivity index (χ0n) is 11.2. The monoisotopic (exact) mass is 297 g/mol. The molecule has 1 aromatic rings. The van der Waals surface area contributed by atoms with Gasteiger partial charge < -0.3 is 0 Å². The van der Waals surface area contributed by atoms with Crippen LogP contribution in [0.1, 0.15) is 32.8 Å². The van der Waals surface area contributed by atoms with Crippen LogP contribution in [0, 0.1) is 5.41 Å². The Balaban J connectivity index is 2.49. The Hall–Kier alpha value is -0.340. The van der Waals surface area contributed by atoms with E-state index in [0.29, 0.717) is 5.41 Å². The Morgan fingerprint density at radius 2 is 1.71 bits per heavy atom. The maximum Gasteiger partial charge on any atom is 0.0234 e. The fourth-order valence-corrected chi connectivity index (χ4v) is 2.23. The SMILES string of the molecule is CC(C)(C)CCN(CCBr)Cc1ccccc1. The van der Waals surface area contributed by atoms with Crippen molar-refractivity contribution in [2.45, 2.75) is 33.7 Å². The second-order valence-electron chi connectivity index (χ2n) is 5.76. The molecule has 0 aliphatic heterocycles. The molecule has 0 atom stereocenters. The first-order valence-electron chi connectivity index (χ1n) is 6.33. The summed E-state index contributed by atoms with van der Waals surface area (Å²) in [7, 11) is 0. The second-order valence-corrected chi connectivity index (χ2v) is 6.55. The highest BCUT2D eigenvalue weighted by atomic mass is 79.9. The topological polar surface area (TPSA) is 3.24 Å². The second kappa shape index (κ2) is 7.17. The van der Waals surface area contributed by atoms with Crippen LogP contribution in [0.25, 0.3) is 0 Å². The number of hydrogen-bond acceptors (Lipinski definition) is 1. The van der Waals surface area contributed by atoms with Gasteiger partial charge in [0.25, 0.3) is 0 Å². The van der Waals surface area contributed by atoms with Gasteiger partial charge in [0.2, 0.25) is 0 Å². The van der Waals surface area contributed by atoms with Gasteiger partial charge in [-0.3, -0.25) is 4.90 Å². The Morgan fingerprint density at radius 1 is 1.06 bits per heavy atom. The van der Waals surface area contributed by atoms with E-state index in [1.807, 2.05) is 0 Å². The molecule has 0 aromatic heterocycles. The summed E-state index contributed by atoms with van der Waals surface area (Å²) in [5.41, 5.74) is 1.82. The molecule has 0 saturated carbocycles. The molecule has 0 N–H and O–H groups in total. The molecule has 0 unspecified atom stereocenters. The maximum atomic E-state index is 3.54. The predicted molar refractivity (Wildman–Crippen MR) is 79.6 cm³/mol. The van der Waals surface area contributed by atoms with Crippen molar-refractivity contribution in [1.29, 1.82) is 0 Å². The molecule has 0 amide bonds. The Morgan fingerprint density at radius 3 is 2.24 bits per heavy atom. The third kappa shape index (κ3) is 6.85. The van der Waals surface area contributed by atoms with Crippen molar-refractivity contribution in [3.8, 4) is 0 Å². The van der Waals surface area contributed by atoms with Gasteiger partial charge in [-0.15, -0.1) is 0 Å². The summed E-state index contributed by atoms with van der Waals surface area (Å²) < 4.78 is 0. The molecular formula is C15H24BrN. The van der Waals surface area contributed by atoms with Gasteiger partial charge in [0.1, 0.15) is 0 Å². The van der Waals surface area contributed by atoms with Crippen molar-refractivity contribution >= 4 is 15.9 Å². The number of benzene rings is 1. The van der Waals surface area contributed by atoms with Crippen LogP contribution in [0.5, 0.6) is 0 Å². The lowest BCUT2D eigenvalue weighted by molar-refractivity contribution is 0.232.